The maximum absolute atomic E-state index is 13.2. The van der Waals surface area contributed by atoms with E-state index in [0.717, 1.165) is 11.1 Å². The zero-order valence-electron chi connectivity index (χ0n) is 22.1. The molecule has 2 amide bonds. The number of benzene rings is 2. The van der Waals surface area contributed by atoms with Crippen LogP contribution in [0.5, 0.6) is 0 Å². The molecule has 1 atom stereocenters. The van der Waals surface area contributed by atoms with Crippen molar-refractivity contribution in [2.24, 2.45) is 5.92 Å². The van der Waals surface area contributed by atoms with Gasteiger partial charge in [0.2, 0.25) is 5.91 Å². The van der Waals surface area contributed by atoms with Gasteiger partial charge in [0.25, 0.3) is 0 Å². The molecule has 7 nitrogen and oxygen atoms in total. The fourth-order valence-corrected chi connectivity index (χ4v) is 5.03. The Morgan fingerprint density at radius 1 is 1.05 bits per heavy atom. The molecule has 2 saturated heterocycles. The number of aliphatic hydroxyl groups is 1. The molecule has 2 N–H and O–H groups in total. The number of nitrogens with zero attached hydrogens (tertiary/aromatic N) is 1. The highest BCUT2D eigenvalue weighted by atomic mass is 19.1. The Kier molecular flexibility index (Phi) is 7.62. The zero-order valence-corrected chi connectivity index (χ0v) is 22.1. The van der Waals surface area contributed by atoms with Crippen molar-refractivity contribution in [1.82, 2.24) is 4.90 Å². The van der Waals surface area contributed by atoms with Gasteiger partial charge in [-0.3, -0.25) is 4.79 Å². The Bertz CT molecular complexity index is 1100. The second-order valence-corrected chi connectivity index (χ2v) is 11.5. The summed E-state index contributed by atoms with van der Waals surface area (Å²) in [7, 11) is 0. The summed E-state index contributed by atoms with van der Waals surface area (Å²) in [6.07, 6.45) is 1.57. The third-order valence-electron chi connectivity index (χ3n) is 7.33. The number of carbonyl (C=O) groups is 2. The molecule has 2 heterocycles. The second-order valence-electron chi connectivity index (χ2n) is 11.5. The number of likely N-dealkylation sites (tertiary alicyclic amines) is 1. The van der Waals surface area contributed by atoms with Crippen LogP contribution in [0.1, 0.15) is 51.7 Å². The van der Waals surface area contributed by atoms with E-state index in [1.54, 1.807) is 4.90 Å². The second kappa shape index (κ2) is 10.4. The first kappa shape index (κ1) is 27.1. The summed E-state index contributed by atoms with van der Waals surface area (Å²) in [5.41, 5.74) is 0.0771. The number of rotatable bonds is 6. The normalized spacial score (nSPS) is 19.5. The molecule has 8 heteroatoms. The van der Waals surface area contributed by atoms with Crippen LogP contribution in [0.25, 0.3) is 0 Å². The van der Waals surface area contributed by atoms with Gasteiger partial charge >= 0.3 is 6.09 Å². The van der Waals surface area contributed by atoms with Crippen molar-refractivity contribution in [1.29, 1.82) is 0 Å². The maximum atomic E-state index is 13.2. The fourth-order valence-electron chi connectivity index (χ4n) is 5.03. The number of hydrogen-bond acceptors (Lipinski definition) is 5. The van der Waals surface area contributed by atoms with E-state index in [2.05, 4.69) is 5.32 Å². The summed E-state index contributed by atoms with van der Waals surface area (Å²) in [5.74, 6) is -0.500. The lowest BCUT2D eigenvalue weighted by Crippen LogP contribution is -2.55. The van der Waals surface area contributed by atoms with Crippen LogP contribution in [0.4, 0.5) is 14.9 Å². The smallest absolute Gasteiger partial charge is 0.410 e. The molecule has 37 heavy (non-hydrogen) atoms. The summed E-state index contributed by atoms with van der Waals surface area (Å²) in [6, 6.07) is 13.4. The molecule has 0 aromatic heterocycles. The molecule has 2 aromatic rings. The van der Waals surface area contributed by atoms with Gasteiger partial charge in [0.1, 0.15) is 16.8 Å². The summed E-state index contributed by atoms with van der Waals surface area (Å²) in [4.78, 5) is 27.2. The van der Waals surface area contributed by atoms with Gasteiger partial charge in [0.15, 0.2) is 0 Å². The fraction of sp³-hybridized carbons (Fsp3) is 0.517. The molecule has 0 bridgehead atoms. The third-order valence-corrected chi connectivity index (χ3v) is 7.33. The lowest BCUT2D eigenvalue weighted by atomic mass is 9.76. The first-order valence-corrected chi connectivity index (χ1v) is 12.8. The Morgan fingerprint density at radius 2 is 1.65 bits per heavy atom. The molecule has 1 unspecified atom stereocenters. The van der Waals surface area contributed by atoms with E-state index in [1.165, 1.54) is 24.3 Å². The molecule has 0 radical (unpaired) electrons. The molecule has 2 aliphatic rings. The molecular formula is C29H37FN2O5. The molecule has 2 aromatic carbocycles. The number of hydrogen-bond donors (Lipinski definition) is 2. The first-order chi connectivity index (χ1) is 17.4. The Morgan fingerprint density at radius 3 is 2.16 bits per heavy atom. The van der Waals surface area contributed by atoms with Crippen LogP contribution in [0.3, 0.4) is 0 Å². The van der Waals surface area contributed by atoms with Gasteiger partial charge in [0, 0.05) is 25.2 Å². The highest BCUT2D eigenvalue weighted by molar-refractivity contribution is 6.00. The number of amides is 2. The minimum Gasteiger partial charge on any atom is -0.444 e. The van der Waals surface area contributed by atoms with Crippen molar-refractivity contribution >= 4 is 17.7 Å². The summed E-state index contributed by atoms with van der Waals surface area (Å²) in [6.45, 7) is 9.07. The Labute approximate surface area is 218 Å². The van der Waals surface area contributed by atoms with Crippen molar-refractivity contribution in [2.75, 3.05) is 31.6 Å². The molecule has 4 rings (SSSR count). The van der Waals surface area contributed by atoms with Crippen molar-refractivity contribution in [2.45, 2.75) is 63.6 Å². The average molecular weight is 513 g/mol. The number of ether oxygens (including phenoxy) is 2. The van der Waals surface area contributed by atoms with E-state index < -0.39 is 16.6 Å². The molecule has 2 aliphatic heterocycles. The molecule has 2 fully saturated rings. The molecule has 0 aliphatic carbocycles. The van der Waals surface area contributed by atoms with Crippen LogP contribution in [-0.4, -0.2) is 59.5 Å². The molecule has 0 saturated carbocycles. The Hall–Kier alpha value is -2.97. The zero-order chi connectivity index (χ0) is 26.8. The van der Waals surface area contributed by atoms with Crippen LogP contribution in [-0.2, 0) is 26.1 Å². The number of carbonyl (C=O) groups excluding carboxylic acids is 2. The predicted octanol–water partition coefficient (Wildman–Crippen LogP) is 4.67. The maximum Gasteiger partial charge on any atom is 0.410 e. The minimum atomic E-state index is -0.932. The summed E-state index contributed by atoms with van der Waals surface area (Å²) < 4.78 is 24.1. The molecular weight excluding hydrogens is 475 g/mol. The lowest BCUT2D eigenvalue weighted by Gasteiger charge is -2.41. The third kappa shape index (κ3) is 6.30. The van der Waals surface area contributed by atoms with E-state index in [-0.39, 0.29) is 36.9 Å². The van der Waals surface area contributed by atoms with Crippen molar-refractivity contribution < 1.29 is 28.6 Å². The van der Waals surface area contributed by atoms with Gasteiger partial charge in [-0.05, 0) is 81.8 Å². The van der Waals surface area contributed by atoms with E-state index in [9.17, 15) is 19.1 Å². The predicted molar refractivity (Wildman–Crippen MR) is 139 cm³/mol. The standard InChI is InChI=1S/C29H37FN2O5/c1-27(2,3)37-26(34)32-15-13-21(14-16-32)28(4,35)17-20-5-7-22(8-6-20)29(18-36-19-29)25(33)31-24-11-9-23(30)10-12-24/h5-12,21,35H,13-19H2,1-4H3,(H,31,33). The van der Waals surface area contributed by atoms with Gasteiger partial charge in [0.05, 0.1) is 18.8 Å². The van der Waals surface area contributed by atoms with Crippen LogP contribution in [0.2, 0.25) is 0 Å². The van der Waals surface area contributed by atoms with Crippen LogP contribution in [0, 0.1) is 11.7 Å². The van der Waals surface area contributed by atoms with Crippen molar-refractivity contribution in [3.8, 4) is 0 Å². The van der Waals surface area contributed by atoms with Crippen LogP contribution in [0.15, 0.2) is 48.5 Å². The summed E-state index contributed by atoms with van der Waals surface area (Å²) in [5, 5.41) is 14.2. The van der Waals surface area contributed by atoms with Gasteiger partial charge in [-0.2, -0.15) is 0 Å². The van der Waals surface area contributed by atoms with Crippen molar-refractivity contribution in [3.05, 3.63) is 65.5 Å². The van der Waals surface area contributed by atoms with Gasteiger partial charge in [-0.25, -0.2) is 9.18 Å². The van der Waals surface area contributed by atoms with E-state index >= 15 is 0 Å². The molecule has 0 spiro atoms. The highest BCUT2D eigenvalue weighted by Gasteiger charge is 2.47. The first-order valence-electron chi connectivity index (χ1n) is 12.8. The van der Waals surface area contributed by atoms with Crippen LogP contribution < -0.4 is 5.32 Å². The average Bonchev–Trinajstić information content (AvgIpc) is 2.80. The van der Waals surface area contributed by atoms with Gasteiger partial charge in [-0.15, -0.1) is 0 Å². The van der Waals surface area contributed by atoms with Crippen molar-refractivity contribution in [3.63, 3.8) is 0 Å². The van der Waals surface area contributed by atoms with E-state index in [0.29, 0.717) is 38.0 Å². The largest absolute Gasteiger partial charge is 0.444 e. The number of anilines is 1. The minimum absolute atomic E-state index is 0.0544. The van der Waals surface area contributed by atoms with Gasteiger partial charge < -0.3 is 24.8 Å². The number of piperidine rings is 1. The highest BCUT2D eigenvalue weighted by Crippen LogP contribution is 2.36. The van der Waals surface area contributed by atoms with E-state index in [1.807, 2.05) is 52.0 Å². The lowest BCUT2D eigenvalue weighted by molar-refractivity contribution is -0.139. The SMILES string of the molecule is CC(C)(C)OC(=O)N1CCC(C(C)(O)Cc2ccc(C3(C(=O)Nc4ccc(F)cc4)COC3)cc2)CC1. The number of nitrogens with one attached hydrogen (secondary N) is 1. The quantitative estimate of drug-likeness (QED) is 0.587. The van der Waals surface area contributed by atoms with Crippen LogP contribution >= 0.6 is 0 Å². The Balaban J connectivity index is 1.36. The van der Waals surface area contributed by atoms with Gasteiger partial charge in [-0.1, -0.05) is 24.3 Å². The molecule has 200 valence electrons. The number of halogens is 1. The topological polar surface area (TPSA) is 88.1 Å². The van der Waals surface area contributed by atoms with E-state index in [4.69, 9.17) is 9.47 Å². The summed E-state index contributed by atoms with van der Waals surface area (Å²) >= 11 is 0. The monoisotopic (exact) mass is 512 g/mol.